The molecule has 75 heavy (non-hydrogen) atoms. The fraction of sp³-hybridized carbons (Fsp3) is 0.456. The Kier molecular flexibility index (Phi) is 23.8. The summed E-state index contributed by atoms with van der Waals surface area (Å²) in [5.41, 5.74) is 8.32. The van der Waals surface area contributed by atoms with Crippen LogP contribution in [-0.4, -0.2) is 101 Å². The summed E-state index contributed by atoms with van der Waals surface area (Å²) in [4.78, 5) is 86.9. The van der Waals surface area contributed by atoms with Crippen LogP contribution in [0.4, 0.5) is 0 Å². The van der Waals surface area contributed by atoms with Crippen LogP contribution < -0.4 is 37.7 Å². The van der Waals surface area contributed by atoms with E-state index in [1.807, 2.05) is 30.3 Å². The van der Waals surface area contributed by atoms with E-state index in [2.05, 4.69) is 26.6 Å². The van der Waals surface area contributed by atoms with Gasteiger partial charge in [0.2, 0.25) is 24.1 Å². The number of amides is 5. The van der Waals surface area contributed by atoms with Gasteiger partial charge >= 0.3 is 5.97 Å². The van der Waals surface area contributed by atoms with Gasteiger partial charge in [0.05, 0.1) is 11.6 Å². The van der Waals surface area contributed by atoms with Crippen molar-refractivity contribution in [2.75, 3.05) is 37.7 Å². The first-order chi connectivity index (χ1) is 36.4. The second-order valence-corrected chi connectivity index (χ2v) is 21.5. The smallest absolute Gasteiger partial charge is 0.336 e. The minimum atomic E-state index is -1.26. The van der Waals surface area contributed by atoms with Crippen molar-refractivity contribution >= 4 is 70.5 Å². The number of carbonyl (C=O) groups is 6. The Balaban J connectivity index is 0.800. The topological polar surface area (TPSA) is 259 Å². The summed E-state index contributed by atoms with van der Waals surface area (Å²) in [6.07, 6.45) is 15.5. The predicted molar refractivity (Wildman–Crippen MR) is 297 cm³/mol. The van der Waals surface area contributed by atoms with E-state index in [0.717, 1.165) is 107 Å². The van der Waals surface area contributed by atoms with Gasteiger partial charge in [-0.05, 0) is 98.2 Å². The first-order valence-corrected chi connectivity index (χ1v) is 28.4. The summed E-state index contributed by atoms with van der Waals surface area (Å²) in [7, 11) is 0. The van der Waals surface area contributed by atoms with Crippen LogP contribution in [0.1, 0.15) is 134 Å². The maximum atomic E-state index is 13.5. The van der Waals surface area contributed by atoms with Gasteiger partial charge < -0.3 is 46.9 Å². The number of phenols is 1. The SMILES string of the molecule is N[C@@H]1C(CCCCC(=O)NCCCCCNC(=O)CCCCCCCCCCSC(C(=O)NCCNC(=O)c2ccc(-c3c4ccc(=O)cc-4oc4cc(O)ccc34)c(C(=O)O)c2)c2ccccc2)SC[C@@H]1NC=O. The van der Waals surface area contributed by atoms with Gasteiger partial charge in [-0.15, -0.1) is 11.8 Å². The number of nitrogens with one attached hydrogen (secondary N) is 5. The number of phenolic OH excluding ortho intramolecular Hbond substituents is 1. The van der Waals surface area contributed by atoms with E-state index < -0.39 is 17.1 Å². The average molecular weight is 1070 g/mol. The summed E-state index contributed by atoms with van der Waals surface area (Å²) in [6, 6.07) is 22.6. The lowest BCUT2D eigenvalue weighted by Crippen LogP contribution is -2.46. The second-order valence-electron chi connectivity index (χ2n) is 19.0. The van der Waals surface area contributed by atoms with Gasteiger partial charge in [-0.3, -0.25) is 28.8 Å². The lowest BCUT2D eigenvalue weighted by molar-refractivity contribution is -0.121. The van der Waals surface area contributed by atoms with Crippen molar-refractivity contribution in [3.63, 3.8) is 0 Å². The number of unbranched alkanes of at least 4 members (excludes halogenated alkanes) is 10. The molecule has 4 atom stereocenters. The molecule has 5 amide bonds. The van der Waals surface area contributed by atoms with E-state index in [9.17, 15) is 43.8 Å². The summed E-state index contributed by atoms with van der Waals surface area (Å²) in [5, 5.41) is 35.4. The molecule has 0 saturated carbocycles. The Morgan fingerprint density at radius 3 is 2.08 bits per heavy atom. The van der Waals surface area contributed by atoms with Gasteiger partial charge in [-0.1, -0.05) is 81.3 Å². The van der Waals surface area contributed by atoms with Gasteiger partial charge in [0.1, 0.15) is 22.3 Å². The maximum Gasteiger partial charge on any atom is 0.336 e. The van der Waals surface area contributed by atoms with Crippen LogP contribution in [0, 0.1) is 0 Å². The molecule has 0 radical (unpaired) electrons. The Hall–Kier alpha value is -6.37. The van der Waals surface area contributed by atoms with Gasteiger partial charge in [-0.25, -0.2) is 4.79 Å². The van der Waals surface area contributed by atoms with Crippen LogP contribution in [0.25, 0.3) is 33.4 Å². The first kappa shape index (κ1) is 57.9. The molecule has 0 aromatic heterocycles. The van der Waals surface area contributed by atoms with E-state index in [0.29, 0.717) is 59.7 Å². The van der Waals surface area contributed by atoms with Crippen molar-refractivity contribution in [1.29, 1.82) is 0 Å². The predicted octanol–water partition coefficient (Wildman–Crippen LogP) is 8.32. The number of fused-ring (bicyclic) bond motifs is 2. The molecule has 2 heterocycles. The van der Waals surface area contributed by atoms with Crippen molar-refractivity contribution in [3.05, 3.63) is 112 Å². The van der Waals surface area contributed by atoms with Crippen molar-refractivity contribution in [1.82, 2.24) is 26.6 Å². The fourth-order valence-corrected chi connectivity index (χ4v) is 12.0. The Morgan fingerprint density at radius 1 is 0.720 bits per heavy atom. The highest BCUT2D eigenvalue weighted by atomic mass is 32.2. The summed E-state index contributed by atoms with van der Waals surface area (Å²) in [6.45, 7) is 1.57. The van der Waals surface area contributed by atoms with Gasteiger partial charge in [0, 0.05) is 90.3 Å². The standard InChI is InChI=1S/C57H72N6O10S2/c58-53-46(63-37-64)36-75-49(53)19-12-13-21-51(68)60-29-15-8-14-28-59-50(67)20-11-5-3-1-2-4-6-16-32-74-54(38-17-9-7-10-18-38)56(70)62-31-30-61-55(69)39-22-25-42(45(33-39)57(71)72)52-43-26-23-40(65)34-47(43)73-48-35-41(66)24-27-44(48)52/h7,9-10,17-18,22-27,33-35,37,46,49,53-54,65H,1-6,8,11-16,19-21,28-32,36,58H2,(H,59,67)(H,60,68)(H,61,69)(H,62,70)(H,63,64)(H,71,72)/t46-,49?,53-,54?/m0/s1. The van der Waals surface area contributed by atoms with Crippen molar-refractivity contribution in [3.8, 4) is 28.2 Å². The number of aromatic carboxylic acids is 1. The highest BCUT2D eigenvalue weighted by Crippen LogP contribution is 2.42. The number of carboxylic acid groups (broad SMARTS) is 1. The third-order valence-corrected chi connectivity index (χ3v) is 16.3. The van der Waals surface area contributed by atoms with Gasteiger partial charge in [0.25, 0.3) is 5.91 Å². The number of thioether (sulfide) groups is 2. The number of aromatic hydroxyl groups is 1. The highest BCUT2D eigenvalue weighted by Gasteiger charge is 2.33. The third-order valence-electron chi connectivity index (χ3n) is 13.4. The number of nitrogens with two attached hydrogens (primary N) is 1. The molecule has 0 spiro atoms. The van der Waals surface area contributed by atoms with E-state index >= 15 is 0 Å². The molecule has 18 heteroatoms. The molecule has 1 aliphatic carbocycles. The molecule has 0 bridgehead atoms. The summed E-state index contributed by atoms with van der Waals surface area (Å²) < 4.78 is 5.91. The molecule has 3 aliphatic rings. The Bertz CT molecular complexity index is 2700. The molecule has 1 fully saturated rings. The first-order valence-electron chi connectivity index (χ1n) is 26.3. The molecular weight excluding hydrogens is 993 g/mol. The van der Waals surface area contributed by atoms with E-state index in [1.165, 1.54) is 36.4 Å². The lowest BCUT2D eigenvalue weighted by atomic mass is 9.90. The molecule has 3 aromatic rings. The molecule has 16 nitrogen and oxygen atoms in total. The lowest BCUT2D eigenvalue weighted by Gasteiger charge is -2.18. The number of hydrogen-bond acceptors (Lipinski definition) is 12. The molecular formula is C57H72N6O10S2. The van der Waals surface area contributed by atoms with Crippen LogP contribution in [0.3, 0.4) is 0 Å². The van der Waals surface area contributed by atoms with Crippen molar-refractivity contribution in [2.24, 2.45) is 5.73 Å². The van der Waals surface area contributed by atoms with Crippen LogP contribution in [0.5, 0.6) is 5.75 Å². The number of carbonyl (C=O) groups excluding carboxylic acids is 5. The molecule has 2 unspecified atom stereocenters. The monoisotopic (exact) mass is 1060 g/mol. The Labute approximate surface area is 447 Å². The number of rotatable bonds is 33. The van der Waals surface area contributed by atoms with Crippen LogP contribution >= 0.6 is 23.5 Å². The van der Waals surface area contributed by atoms with E-state index in [-0.39, 0.29) is 76.5 Å². The quantitative estimate of drug-likeness (QED) is 0.0112. The zero-order valence-corrected chi connectivity index (χ0v) is 44.2. The second kappa shape index (κ2) is 30.9. The normalized spacial score (nSPS) is 15.6. The fourth-order valence-electron chi connectivity index (χ4n) is 9.31. The third kappa shape index (κ3) is 18.2. The maximum absolute atomic E-state index is 13.5. The average Bonchev–Trinajstić information content (AvgIpc) is 3.75. The molecule has 402 valence electrons. The minimum Gasteiger partial charge on any atom is -0.508 e. The molecule has 9 N–H and O–H groups in total. The highest BCUT2D eigenvalue weighted by molar-refractivity contribution is 8.00. The van der Waals surface area contributed by atoms with Crippen LogP contribution in [0.2, 0.25) is 0 Å². The zero-order valence-electron chi connectivity index (χ0n) is 42.6. The molecule has 1 saturated heterocycles. The van der Waals surface area contributed by atoms with Gasteiger partial charge in [-0.2, -0.15) is 11.8 Å². The van der Waals surface area contributed by atoms with Crippen molar-refractivity contribution < 1.29 is 43.4 Å². The Morgan fingerprint density at radius 2 is 1.37 bits per heavy atom. The van der Waals surface area contributed by atoms with Gasteiger partial charge in [0.15, 0.2) is 5.43 Å². The molecule has 6 rings (SSSR count). The zero-order chi connectivity index (χ0) is 53.4. The number of hydrogen-bond donors (Lipinski definition) is 8. The largest absolute Gasteiger partial charge is 0.508 e. The summed E-state index contributed by atoms with van der Waals surface area (Å²) >= 11 is 3.39. The van der Waals surface area contributed by atoms with E-state index in [4.69, 9.17) is 10.2 Å². The molecule has 2 aliphatic heterocycles. The van der Waals surface area contributed by atoms with Crippen LogP contribution in [0.15, 0.2) is 94.1 Å². The van der Waals surface area contributed by atoms with E-state index in [1.54, 1.807) is 41.7 Å². The van der Waals surface area contributed by atoms with Crippen LogP contribution in [-0.2, 0) is 19.2 Å². The molecule has 3 aromatic carbocycles. The number of benzene rings is 4. The minimum absolute atomic E-state index is 0.0308. The summed E-state index contributed by atoms with van der Waals surface area (Å²) in [5.74, 6) is 0.0277. The van der Waals surface area contributed by atoms with Crippen molar-refractivity contribution in [2.45, 2.75) is 125 Å². The number of carboxylic acids is 1.